The highest BCUT2D eigenvalue weighted by atomic mass is 19.2. The predicted octanol–water partition coefficient (Wildman–Crippen LogP) is 3.50. The van der Waals surface area contributed by atoms with E-state index >= 15 is 0 Å². The third-order valence-electron chi connectivity index (χ3n) is 3.49. The minimum Gasteiger partial charge on any atom is -0.493 e. The molecule has 1 N–H and O–H groups in total. The van der Waals surface area contributed by atoms with Gasteiger partial charge in [-0.3, -0.25) is 4.79 Å². The number of benzene rings is 2. The Labute approximate surface area is 153 Å². The van der Waals surface area contributed by atoms with E-state index < -0.39 is 35.2 Å². The normalized spacial score (nSPS) is 11.9. The summed E-state index contributed by atoms with van der Waals surface area (Å²) < 4.78 is 49.9. The van der Waals surface area contributed by atoms with E-state index in [4.69, 9.17) is 14.3 Å². The van der Waals surface area contributed by atoms with Crippen molar-refractivity contribution >= 4 is 17.8 Å². The van der Waals surface area contributed by atoms with E-state index in [1.165, 1.54) is 27.4 Å². The van der Waals surface area contributed by atoms with Crippen molar-refractivity contribution in [3.05, 3.63) is 53.3 Å². The lowest BCUT2D eigenvalue weighted by Gasteiger charge is -2.11. The number of oxime groups is 1. The minimum absolute atomic E-state index is 0.487. The van der Waals surface area contributed by atoms with E-state index in [0.717, 1.165) is 6.07 Å². The van der Waals surface area contributed by atoms with Gasteiger partial charge in [0.25, 0.3) is 5.91 Å². The van der Waals surface area contributed by atoms with E-state index in [1.54, 1.807) is 18.2 Å². The molecule has 0 radical (unpaired) electrons. The average Bonchev–Trinajstić information content (AvgIpc) is 2.68. The molecule has 0 unspecified atom stereocenters. The largest absolute Gasteiger partial charge is 0.493 e. The number of rotatable bonds is 7. The third-order valence-corrected chi connectivity index (χ3v) is 3.49. The molecule has 27 heavy (non-hydrogen) atoms. The number of methoxy groups -OCH3 is 2. The maximum Gasteiger partial charge on any atom is 0.268 e. The zero-order valence-corrected chi connectivity index (χ0v) is 14.8. The van der Waals surface area contributed by atoms with E-state index in [2.05, 4.69) is 10.5 Å². The molecule has 1 atom stereocenters. The molecule has 0 saturated carbocycles. The van der Waals surface area contributed by atoms with Crippen LogP contribution in [0.4, 0.5) is 18.9 Å². The lowest BCUT2D eigenvalue weighted by Crippen LogP contribution is -2.27. The zero-order chi connectivity index (χ0) is 20.0. The monoisotopic (exact) mass is 382 g/mol. The van der Waals surface area contributed by atoms with Crippen LogP contribution in [-0.4, -0.2) is 32.4 Å². The van der Waals surface area contributed by atoms with Crippen molar-refractivity contribution in [1.29, 1.82) is 0 Å². The fourth-order valence-electron chi connectivity index (χ4n) is 2.02. The number of nitrogens with zero attached hydrogens (tertiary/aromatic N) is 1. The molecule has 1 amide bonds. The first kappa shape index (κ1) is 20.1. The zero-order valence-electron chi connectivity index (χ0n) is 14.8. The SMILES string of the molecule is COc1ccc(/C=N\O[C@@H](C)C(=O)Nc2ccc(F)c(F)c2F)cc1OC. The van der Waals surface area contributed by atoms with Crippen LogP contribution in [0.2, 0.25) is 0 Å². The van der Waals surface area contributed by atoms with E-state index in [0.29, 0.717) is 23.1 Å². The summed E-state index contributed by atoms with van der Waals surface area (Å²) in [6.07, 6.45) is 0.220. The molecule has 0 bridgehead atoms. The molecule has 2 aromatic rings. The minimum atomic E-state index is -1.67. The van der Waals surface area contributed by atoms with Gasteiger partial charge in [0.05, 0.1) is 26.1 Å². The summed E-state index contributed by atoms with van der Waals surface area (Å²) in [4.78, 5) is 17.0. The first-order valence-electron chi connectivity index (χ1n) is 7.73. The second-order valence-electron chi connectivity index (χ2n) is 5.31. The Balaban J connectivity index is 1.99. The second-order valence-corrected chi connectivity index (χ2v) is 5.31. The number of nitrogens with one attached hydrogen (secondary N) is 1. The number of hydrogen-bond donors (Lipinski definition) is 1. The standard InChI is InChI=1S/C18H17F3N2O4/c1-10(18(24)23-13-6-5-12(19)16(20)17(13)21)27-22-9-11-4-7-14(25-2)15(8-11)26-3/h4-10H,1-3H3,(H,23,24)/b22-9-/t10-/m0/s1. The molecule has 0 aromatic heterocycles. The van der Waals surface area contributed by atoms with Gasteiger partial charge in [0.1, 0.15) is 0 Å². The van der Waals surface area contributed by atoms with Crippen LogP contribution in [0.3, 0.4) is 0 Å². The molecule has 6 nitrogen and oxygen atoms in total. The van der Waals surface area contributed by atoms with Crippen LogP contribution in [0.5, 0.6) is 11.5 Å². The number of hydrogen-bond acceptors (Lipinski definition) is 5. The number of halogens is 3. The topological polar surface area (TPSA) is 69.2 Å². The van der Waals surface area contributed by atoms with Crippen molar-refractivity contribution in [2.45, 2.75) is 13.0 Å². The number of anilines is 1. The number of ether oxygens (including phenoxy) is 2. The summed E-state index contributed by atoms with van der Waals surface area (Å²) >= 11 is 0. The third kappa shape index (κ3) is 4.90. The molecule has 9 heteroatoms. The summed E-state index contributed by atoms with van der Waals surface area (Å²) in [6.45, 7) is 1.36. The molecule has 0 fully saturated rings. The van der Waals surface area contributed by atoms with Crippen molar-refractivity contribution in [3.8, 4) is 11.5 Å². The van der Waals surface area contributed by atoms with Crippen LogP contribution in [0.15, 0.2) is 35.5 Å². The molecule has 2 rings (SSSR count). The maximum absolute atomic E-state index is 13.6. The van der Waals surface area contributed by atoms with Gasteiger partial charge in [-0.1, -0.05) is 5.16 Å². The highest BCUT2D eigenvalue weighted by molar-refractivity contribution is 5.94. The van der Waals surface area contributed by atoms with Crippen molar-refractivity contribution in [1.82, 2.24) is 0 Å². The summed E-state index contributed by atoms with van der Waals surface area (Å²) in [5.41, 5.74) is 0.116. The Hall–Kier alpha value is -3.23. The van der Waals surface area contributed by atoms with Gasteiger partial charge >= 0.3 is 0 Å². The molecule has 2 aromatic carbocycles. The highest BCUT2D eigenvalue weighted by Gasteiger charge is 2.19. The van der Waals surface area contributed by atoms with Crippen molar-refractivity contribution < 1.29 is 32.3 Å². The molecule has 0 aliphatic rings. The van der Waals surface area contributed by atoms with Crippen molar-refractivity contribution in [3.63, 3.8) is 0 Å². The van der Waals surface area contributed by atoms with Crippen LogP contribution < -0.4 is 14.8 Å². The Morgan fingerprint density at radius 2 is 1.78 bits per heavy atom. The number of carbonyl (C=O) groups is 1. The quantitative estimate of drug-likeness (QED) is 0.452. The fourth-order valence-corrected chi connectivity index (χ4v) is 2.02. The lowest BCUT2D eigenvalue weighted by atomic mass is 10.2. The Kier molecular flexibility index (Phi) is 6.64. The van der Waals surface area contributed by atoms with Crippen LogP contribution in [0.25, 0.3) is 0 Å². The maximum atomic E-state index is 13.6. The Morgan fingerprint density at radius 1 is 1.07 bits per heavy atom. The summed E-state index contributed by atoms with van der Waals surface area (Å²) in [5, 5.41) is 5.78. The van der Waals surface area contributed by atoms with Gasteiger partial charge in [-0.05, 0) is 37.3 Å². The first-order valence-corrected chi connectivity index (χ1v) is 7.73. The molecule has 0 aliphatic heterocycles. The second kappa shape index (κ2) is 8.93. The number of amides is 1. The van der Waals surface area contributed by atoms with E-state index in [9.17, 15) is 18.0 Å². The lowest BCUT2D eigenvalue weighted by molar-refractivity contribution is -0.126. The summed E-state index contributed by atoms with van der Waals surface area (Å²) in [6, 6.07) is 6.62. The highest BCUT2D eigenvalue weighted by Crippen LogP contribution is 2.27. The van der Waals surface area contributed by atoms with Crippen LogP contribution in [0, 0.1) is 17.5 Å². The molecule has 0 spiro atoms. The molecule has 0 aliphatic carbocycles. The number of carbonyl (C=O) groups excluding carboxylic acids is 1. The molecular weight excluding hydrogens is 365 g/mol. The molecule has 0 heterocycles. The van der Waals surface area contributed by atoms with Crippen LogP contribution in [-0.2, 0) is 9.63 Å². The molecular formula is C18H17F3N2O4. The molecule has 144 valence electrons. The fraction of sp³-hybridized carbons (Fsp3) is 0.222. The van der Waals surface area contributed by atoms with Gasteiger partial charge in [0.2, 0.25) is 6.10 Å². The first-order chi connectivity index (χ1) is 12.9. The van der Waals surface area contributed by atoms with E-state index in [-0.39, 0.29) is 0 Å². The predicted molar refractivity (Wildman–Crippen MR) is 92.6 cm³/mol. The van der Waals surface area contributed by atoms with Gasteiger partial charge in [-0.2, -0.15) is 0 Å². The van der Waals surface area contributed by atoms with Crippen molar-refractivity contribution in [2.24, 2.45) is 5.16 Å². The van der Waals surface area contributed by atoms with E-state index in [1.807, 2.05) is 0 Å². The van der Waals surface area contributed by atoms with Gasteiger partial charge in [0.15, 0.2) is 29.0 Å². The Bertz CT molecular complexity index is 859. The summed E-state index contributed by atoms with van der Waals surface area (Å²) in [5.74, 6) is -4.28. The van der Waals surface area contributed by atoms with Gasteiger partial charge in [0, 0.05) is 5.56 Å². The van der Waals surface area contributed by atoms with Crippen molar-refractivity contribution in [2.75, 3.05) is 19.5 Å². The molecule has 0 saturated heterocycles. The van der Waals surface area contributed by atoms with Crippen LogP contribution >= 0.6 is 0 Å². The van der Waals surface area contributed by atoms with Gasteiger partial charge in [-0.25, -0.2) is 13.2 Å². The van der Waals surface area contributed by atoms with Gasteiger partial charge in [-0.15, -0.1) is 0 Å². The summed E-state index contributed by atoms with van der Waals surface area (Å²) in [7, 11) is 2.99. The van der Waals surface area contributed by atoms with Crippen LogP contribution in [0.1, 0.15) is 12.5 Å². The average molecular weight is 382 g/mol. The van der Waals surface area contributed by atoms with Gasteiger partial charge < -0.3 is 19.6 Å². The smallest absolute Gasteiger partial charge is 0.268 e. The Morgan fingerprint density at radius 3 is 2.44 bits per heavy atom.